The Morgan fingerprint density at radius 3 is 2.87 bits per heavy atom. The van der Waals surface area contributed by atoms with Gasteiger partial charge in [0.2, 0.25) is 0 Å². The van der Waals surface area contributed by atoms with E-state index in [1.54, 1.807) is 4.90 Å². The van der Waals surface area contributed by atoms with Crippen LogP contribution in [0.5, 0.6) is 0 Å². The van der Waals surface area contributed by atoms with Gasteiger partial charge in [0.05, 0.1) is 17.4 Å². The van der Waals surface area contributed by atoms with Crippen molar-refractivity contribution in [2.24, 2.45) is 0 Å². The summed E-state index contributed by atoms with van der Waals surface area (Å²) in [5.41, 5.74) is 6.81. The summed E-state index contributed by atoms with van der Waals surface area (Å²) >= 11 is 0. The van der Waals surface area contributed by atoms with Crippen LogP contribution in [-0.4, -0.2) is 58.7 Å². The average molecular weight is 419 g/mol. The first-order valence-electron chi connectivity index (χ1n) is 11.1. The first-order valence-corrected chi connectivity index (χ1v) is 11.1. The minimum atomic E-state index is -0.472. The minimum absolute atomic E-state index is 0.229. The molecule has 2 atom stereocenters. The van der Waals surface area contributed by atoms with Gasteiger partial charge in [0, 0.05) is 49.7 Å². The Balaban J connectivity index is 1.40. The third-order valence-corrected chi connectivity index (χ3v) is 6.39. The van der Waals surface area contributed by atoms with Crippen LogP contribution in [-0.2, 0) is 4.74 Å². The van der Waals surface area contributed by atoms with E-state index in [4.69, 9.17) is 9.72 Å². The zero-order valence-corrected chi connectivity index (χ0v) is 18.7. The van der Waals surface area contributed by atoms with Crippen LogP contribution >= 0.6 is 0 Å². The molecule has 1 aliphatic carbocycles. The molecule has 6 heteroatoms. The summed E-state index contributed by atoms with van der Waals surface area (Å²) in [6, 6.07) is 4.67. The average Bonchev–Trinajstić information content (AvgIpc) is 2.97. The highest BCUT2D eigenvalue weighted by Crippen LogP contribution is 2.42. The van der Waals surface area contributed by atoms with E-state index in [1.165, 1.54) is 16.7 Å². The van der Waals surface area contributed by atoms with Gasteiger partial charge in [0.15, 0.2) is 0 Å². The number of rotatable bonds is 1. The number of nitrogens with one attached hydrogen (secondary N) is 1. The van der Waals surface area contributed by atoms with Gasteiger partial charge in [-0.25, -0.2) is 4.79 Å². The van der Waals surface area contributed by atoms with Gasteiger partial charge in [-0.2, -0.15) is 0 Å². The third-order valence-electron chi connectivity index (χ3n) is 6.39. The van der Waals surface area contributed by atoms with Crippen molar-refractivity contribution in [3.05, 3.63) is 64.7 Å². The summed E-state index contributed by atoms with van der Waals surface area (Å²) in [6.45, 7) is 6.99. The highest BCUT2D eigenvalue weighted by Gasteiger charge is 2.39. The number of ether oxygens (including phenoxy) is 1. The van der Waals surface area contributed by atoms with Gasteiger partial charge in [0.25, 0.3) is 0 Å². The van der Waals surface area contributed by atoms with E-state index in [0.29, 0.717) is 19.1 Å². The van der Waals surface area contributed by atoms with E-state index in [2.05, 4.69) is 47.8 Å². The Hall–Kier alpha value is -3.02. The van der Waals surface area contributed by atoms with Crippen molar-refractivity contribution >= 4 is 17.9 Å². The summed E-state index contributed by atoms with van der Waals surface area (Å²) in [5.74, 6) is 0. The van der Waals surface area contributed by atoms with E-state index in [9.17, 15) is 4.79 Å². The Morgan fingerprint density at radius 2 is 2.13 bits per heavy atom. The number of amides is 1. The van der Waals surface area contributed by atoms with Gasteiger partial charge in [-0.1, -0.05) is 24.3 Å². The van der Waals surface area contributed by atoms with Crippen LogP contribution in [0, 0.1) is 0 Å². The fourth-order valence-corrected chi connectivity index (χ4v) is 4.91. The standard InChI is InChI=1S/C25H30N4O2/c1-25(2,3)31-24(30)29-12-9-16(10-13-29)19-14-20-21-18(15-28(20)4)8-7-17-6-5-11-26-22(17)23(21)27-19/h5-9,11,15,19-20,27H,10,12-14H2,1-4H3. The summed E-state index contributed by atoms with van der Waals surface area (Å²) in [7, 11) is 2.16. The number of pyridine rings is 1. The molecule has 1 aromatic heterocycles. The highest BCUT2D eigenvalue weighted by molar-refractivity contribution is 5.83. The SMILES string of the molecule is CN1C=C2C=Cc3cccnc3C3=C2C1CC(C1=CCN(C(=O)OC(C)(C)C)CC1)N3. The number of carbonyl (C=O) groups is 1. The lowest BCUT2D eigenvalue weighted by atomic mass is 9.85. The van der Waals surface area contributed by atoms with Crippen LogP contribution in [0.15, 0.2) is 53.4 Å². The Labute approximate surface area is 184 Å². The van der Waals surface area contributed by atoms with Crippen LogP contribution < -0.4 is 5.32 Å². The molecule has 162 valence electrons. The first-order chi connectivity index (χ1) is 14.8. The quantitative estimate of drug-likeness (QED) is 0.700. The van der Waals surface area contributed by atoms with Crippen molar-refractivity contribution in [3.63, 3.8) is 0 Å². The van der Waals surface area contributed by atoms with E-state index in [-0.39, 0.29) is 12.1 Å². The molecule has 0 radical (unpaired) electrons. The molecule has 6 nitrogen and oxygen atoms in total. The lowest BCUT2D eigenvalue weighted by Gasteiger charge is -2.38. The van der Waals surface area contributed by atoms with Crippen molar-refractivity contribution in [2.75, 3.05) is 20.1 Å². The zero-order chi connectivity index (χ0) is 21.8. The van der Waals surface area contributed by atoms with Crippen molar-refractivity contribution < 1.29 is 9.53 Å². The van der Waals surface area contributed by atoms with Crippen LogP contribution in [0.25, 0.3) is 11.8 Å². The second-order valence-corrected chi connectivity index (χ2v) is 9.72. The second-order valence-electron chi connectivity index (χ2n) is 9.72. The third kappa shape index (κ3) is 3.64. The van der Waals surface area contributed by atoms with Crippen LogP contribution in [0.2, 0.25) is 0 Å². The normalized spacial score (nSPS) is 24.6. The van der Waals surface area contributed by atoms with Gasteiger partial charge in [-0.3, -0.25) is 4.98 Å². The van der Waals surface area contributed by atoms with E-state index < -0.39 is 5.60 Å². The lowest BCUT2D eigenvalue weighted by molar-refractivity contribution is 0.0264. The first kappa shape index (κ1) is 19.9. The monoisotopic (exact) mass is 418 g/mol. The molecule has 0 fully saturated rings. The summed E-state index contributed by atoms with van der Waals surface area (Å²) in [6.07, 6.45) is 12.3. The highest BCUT2D eigenvalue weighted by atomic mass is 16.6. The molecule has 31 heavy (non-hydrogen) atoms. The number of fused-ring (bicyclic) bond motifs is 2. The van der Waals surface area contributed by atoms with Crippen LogP contribution in [0.1, 0.15) is 44.9 Å². The molecular formula is C25H30N4O2. The molecule has 3 aliphatic heterocycles. The van der Waals surface area contributed by atoms with Gasteiger partial charge in [0.1, 0.15) is 5.60 Å². The zero-order valence-electron chi connectivity index (χ0n) is 18.7. The Bertz CT molecular complexity index is 1040. The maximum atomic E-state index is 12.4. The van der Waals surface area contributed by atoms with Crippen molar-refractivity contribution in [1.29, 1.82) is 0 Å². The second kappa shape index (κ2) is 7.29. The molecule has 4 aliphatic rings. The fraction of sp³-hybridized carbons (Fsp3) is 0.440. The number of likely N-dealkylation sites (N-methyl/N-ethyl adjacent to an activating group) is 1. The summed E-state index contributed by atoms with van der Waals surface area (Å²) in [4.78, 5) is 21.3. The molecule has 0 spiro atoms. The van der Waals surface area contributed by atoms with Crippen molar-refractivity contribution in [2.45, 2.75) is 51.3 Å². The molecular weight excluding hydrogens is 388 g/mol. The minimum Gasteiger partial charge on any atom is -0.444 e. The van der Waals surface area contributed by atoms with Crippen LogP contribution in [0.3, 0.4) is 0 Å². The maximum Gasteiger partial charge on any atom is 0.410 e. The molecule has 5 rings (SSSR count). The summed E-state index contributed by atoms with van der Waals surface area (Å²) < 4.78 is 5.54. The maximum absolute atomic E-state index is 12.4. The van der Waals surface area contributed by atoms with E-state index >= 15 is 0 Å². The topological polar surface area (TPSA) is 57.7 Å². The van der Waals surface area contributed by atoms with Crippen molar-refractivity contribution in [1.82, 2.24) is 20.1 Å². The number of hydrogen-bond acceptors (Lipinski definition) is 5. The van der Waals surface area contributed by atoms with Gasteiger partial charge in [-0.05, 0) is 50.8 Å². The lowest BCUT2D eigenvalue weighted by Crippen LogP contribution is -2.46. The predicted octanol–water partition coefficient (Wildman–Crippen LogP) is 3.95. The Kier molecular flexibility index (Phi) is 4.68. The molecule has 2 unspecified atom stereocenters. The van der Waals surface area contributed by atoms with Crippen molar-refractivity contribution in [3.8, 4) is 0 Å². The molecule has 0 aromatic carbocycles. The van der Waals surface area contributed by atoms with Crippen LogP contribution in [0.4, 0.5) is 4.79 Å². The molecule has 0 saturated carbocycles. The molecule has 0 bridgehead atoms. The Morgan fingerprint density at radius 1 is 1.29 bits per heavy atom. The molecule has 1 N–H and O–H groups in total. The number of allylic oxidation sites excluding steroid dienone is 1. The molecule has 0 saturated heterocycles. The smallest absolute Gasteiger partial charge is 0.410 e. The number of nitrogens with zero attached hydrogens (tertiary/aromatic N) is 3. The molecule has 1 amide bonds. The summed E-state index contributed by atoms with van der Waals surface area (Å²) in [5, 5.41) is 3.83. The van der Waals surface area contributed by atoms with Gasteiger partial charge in [-0.15, -0.1) is 0 Å². The van der Waals surface area contributed by atoms with E-state index in [0.717, 1.165) is 29.8 Å². The van der Waals surface area contributed by atoms with Gasteiger partial charge < -0.3 is 19.9 Å². The van der Waals surface area contributed by atoms with Gasteiger partial charge >= 0.3 is 6.09 Å². The fourth-order valence-electron chi connectivity index (χ4n) is 4.91. The number of hydrogen-bond donors (Lipinski definition) is 1. The largest absolute Gasteiger partial charge is 0.444 e. The van der Waals surface area contributed by atoms with E-state index in [1.807, 2.05) is 33.0 Å². The number of aromatic nitrogens is 1. The molecule has 1 aromatic rings. The number of carbonyl (C=O) groups excluding carboxylic acids is 1. The predicted molar refractivity (Wildman–Crippen MR) is 122 cm³/mol. The molecule has 4 heterocycles.